The molecule has 1 aliphatic carbocycles. The van der Waals surface area contributed by atoms with Crippen LogP contribution in [0, 0.1) is 29.9 Å². The lowest BCUT2D eigenvalue weighted by molar-refractivity contribution is -0.384. The number of hydrogen-bond donors (Lipinski definition) is 1. The second kappa shape index (κ2) is 9.79. The summed E-state index contributed by atoms with van der Waals surface area (Å²) in [7, 11) is 1.61. The molecule has 0 amide bonds. The van der Waals surface area contributed by atoms with Gasteiger partial charge in [0.1, 0.15) is 12.3 Å². The van der Waals surface area contributed by atoms with Gasteiger partial charge in [0.05, 0.1) is 22.5 Å². The van der Waals surface area contributed by atoms with E-state index in [1.807, 2.05) is 43.3 Å². The van der Waals surface area contributed by atoms with E-state index in [1.54, 1.807) is 13.2 Å². The summed E-state index contributed by atoms with van der Waals surface area (Å²) >= 11 is 9.67. The van der Waals surface area contributed by atoms with Crippen molar-refractivity contribution in [2.24, 2.45) is 5.92 Å². The number of anilines is 1. The molecule has 1 aliphatic heterocycles. The number of nitro groups is 1. The highest BCUT2D eigenvalue weighted by molar-refractivity contribution is 9.10. The van der Waals surface area contributed by atoms with Crippen molar-refractivity contribution in [3.8, 4) is 11.5 Å². The van der Waals surface area contributed by atoms with Gasteiger partial charge in [0.25, 0.3) is 5.69 Å². The van der Waals surface area contributed by atoms with Gasteiger partial charge in [-0.05, 0) is 94.2 Å². The maximum Gasteiger partial charge on any atom is 0.292 e. The number of methoxy groups -OCH3 is 1. The average Bonchev–Trinajstić information content (AvgIpc) is 3.35. The van der Waals surface area contributed by atoms with E-state index in [-0.39, 0.29) is 28.5 Å². The Morgan fingerprint density at radius 2 is 1.94 bits per heavy atom. The number of fused-ring (bicyclic) bond motifs is 3. The Balaban J connectivity index is 1.52. The topological polar surface area (TPSA) is 73.6 Å². The van der Waals surface area contributed by atoms with Crippen LogP contribution in [0.2, 0.25) is 5.02 Å². The molecule has 0 aromatic heterocycles. The van der Waals surface area contributed by atoms with E-state index in [2.05, 4.69) is 40.3 Å². The first-order chi connectivity index (χ1) is 17.3. The number of allylic oxidation sites excluding steroid dienone is 2. The van der Waals surface area contributed by atoms with E-state index < -0.39 is 0 Å². The fraction of sp³-hybridized carbons (Fsp3) is 0.286. The van der Waals surface area contributed by atoms with E-state index in [0.717, 1.165) is 38.7 Å². The van der Waals surface area contributed by atoms with Gasteiger partial charge in [-0.15, -0.1) is 0 Å². The number of nitrogens with one attached hydrogen (secondary N) is 1. The maximum absolute atomic E-state index is 12.0. The number of rotatable bonds is 6. The average molecular weight is 570 g/mol. The lowest BCUT2D eigenvalue weighted by atomic mass is 9.74. The maximum atomic E-state index is 12.0. The molecular formula is C28H26BrClN2O4. The second-order valence-corrected chi connectivity index (χ2v) is 10.6. The molecule has 1 heterocycles. The molecule has 0 saturated carbocycles. The molecule has 36 heavy (non-hydrogen) atoms. The number of ether oxygens (including phenoxy) is 2. The molecule has 8 heteroatoms. The summed E-state index contributed by atoms with van der Waals surface area (Å²) in [5.41, 5.74) is 5.77. The fourth-order valence-corrected chi connectivity index (χ4v) is 6.05. The number of aryl methyl sites for hydroxylation is 1. The van der Waals surface area contributed by atoms with Crippen LogP contribution in [-0.4, -0.2) is 12.0 Å². The minimum atomic E-state index is -0.293. The third kappa shape index (κ3) is 4.35. The highest BCUT2D eigenvalue weighted by Gasteiger charge is 2.42. The van der Waals surface area contributed by atoms with Crippen LogP contribution >= 0.6 is 27.5 Å². The third-order valence-corrected chi connectivity index (χ3v) is 8.09. The number of halogens is 2. The van der Waals surface area contributed by atoms with Gasteiger partial charge < -0.3 is 14.8 Å². The van der Waals surface area contributed by atoms with Crippen LogP contribution in [-0.2, 0) is 6.61 Å². The number of nitrogens with zero attached hydrogens (tertiary/aromatic N) is 1. The van der Waals surface area contributed by atoms with E-state index in [1.165, 1.54) is 0 Å². The molecule has 6 nitrogen and oxygen atoms in total. The Morgan fingerprint density at radius 3 is 2.64 bits per heavy atom. The summed E-state index contributed by atoms with van der Waals surface area (Å²) < 4.78 is 12.6. The van der Waals surface area contributed by atoms with E-state index in [9.17, 15) is 10.1 Å². The van der Waals surface area contributed by atoms with Gasteiger partial charge in [-0.1, -0.05) is 35.9 Å². The summed E-state index contributed by atoms with van der Waals surface area (Å²) in [5, 5.41) is 16.2. The van der Waals surface area contributed by atoms with E-state index >= 15 is 0 Å². The van der Waals surface area contributed by atoms with Crippen LogP contribution in [0.25, 0.3) is 0 Å². The second-order valence-electron chi connectivity index (χ2n) is 9.31. The lowest BCUT2D eigenvalue weighted by Gasteiger charge is -2.38. The zero-order valence-corrected chi connectivity index (χ0v) is 22.5. The van der Waals surface area contributed by atoms with Gasteiger partial charge in [-0.25, -0.2) is 0 Å². The Morgan fingerprint density at radius 1 is 1.19 bits per heavy atom. The number of nitro benzene ring substituents is 1. The standard InChI is InChI=1S/C28H26BrClN2O4/c1-15-11-23(32(33)34)27-25(16(15)2)20-5-4-6-21(20)26(31-27)18-12-22(29)28(24(13-18)35-3)36-14-17-7-9-19(30)10-8-17/h4-5,7-13,20-21,26,31H,6,14H2,1-3H3/t20-,21-,26+/m1/s1. The summed E-state index contributed by atoms with van der Waals surface area (Å²) in [6, 6.07) is 13.0. The van der Waals surface area contributed by atoms with Crippen molar-refractivity contribution in [3.63, 3.8) is 0 Å². The van der Waals surface area contributed by atoms with Crippen molar-refractivity contribution < 1.29 is 14.4 Å². The molecule has 186 valence electrons. The van der Waals surface area contributed by atoms with Crippen molar-refractivity contribution in [1.29, 1.82) is 0 Å². The molecule has 0 spiro atoms. The zero-order valence-electron chi connectivity index (χ0n) is 20.2. The Hall–Kier alpha value is -3.03. The van der Waals surface area contributed by atoms with Gasteiger partial charge in [0.15, 0.2) is 11.5 Å². The highest BCUT2D eigenvalue weighted by Crippen LogP contribution is 2.54. The van der Waals surface area contributed by atoms with Gasteiger partial charge in [0, 0.05) is 17.0 Å². The summed E-state index contributed by atoms with van der Waals surface area (Å²) in [6.45, 7) is 4.35. The van der Waals surface area contributed by atoms with Crippen molar-refractivity contribution in [1.82, 2.24) is 0 Å². The molecule has 0 radical (unpaired) electrons. The largest absolute Gasteiger partial charge is 0.493 e. The van der Waals surface area contributed by atoms with Crippen LogP contribution in [0.3, 0.4) is 0 Å². The van der Waals surface area contributed by atoms with Crippen LogP contribution in [0.4, 0.5) is 11.4 Å². The van der Waals surface area contributed by atoms with Crippen LogP contribution < -0.4 is 14.8 Å². The minimum Gasteiger partial charge on any atom is -0.493 e. The molecule has 1 N–H and O–H groups in total. The quantitative estimate of drug-likeness (QED) is 0.185. The highest BCUT2D eigenvalue weighted by atomic mass is 79.9. The summed E-state index contributed by atoms with van der Waals surface area (Å²) in [5.74, 6) is 1.54. The minimum absolute atomic E-state index is 0.107. The molecular weight excluding hydrogens is 544 g/mol. The predicted octanol–water partition coefficient (Wildman–Crippen LogP) is 8.04. The molecule has 3 aromatic rings. The number of benzene rings is 3. The first-order valence-corrected chi connectivity index (χ1v) is 12.9. The van der Waals surface area contributed by atoms with Crippen LogP contribution in [0.1, 0.15) is 46.2 Å². The first-order valence-electron chi connectivity index (χ1n) is 11.7. The van der Waals surface area contributed by atoms with Crippen molar-refractivity contribution in [3.05, 3.63) is 102 Å². The molecule has 3 aromatic carbocycles. The predicted molar refractivity (Wildman–Crippen MR) is 145 cm³/mol. The van der Waals surface area contributed by atoms with Gasteiger partial charge in [-0.3, -0.25) is 10.1 Å². The lowest BCUT2D eigenvalue weighted by Crippen LogP contribution is -2.30. The summed E-state index contributed by atoms with van der Waals surface area (Å²) in [6.07, 6.45) is 5.27. The third-order valence-electron chi connectivity index (χ3n) is 7.25. The monoisotopic (exact) mass is 568 g/mol. The molecule has 0 bridgehead atoms. The molecule has 0 unspecified atom stereocenters. The number of hydrogen-bond acceptors (Lipinski definition) is 5. The normalized spacial score (nSPS) is 19.9. The van der Waals surface area contributed by atoms with Crippen molar-refractivity contribution >= 4 is 38.9 Å². The van der Waals surface area contributed by atoms with Crippen LogP contribution in [0.15, 0.2) is 59.1 Å². The molecule has 0 fully saturated rings. The fourth-order valence-electron chi connectivity index (χ4n) is 5.35. The van der Waals surface area contributed by atoms with Crippen LogP contribution in [0.5, 0.6) is 11.5 Å². The van der Waals surface area contributed by atoms with Gasteiger partial charge >= 0.3 is 0 Å². The molecule has 5 rings (SSSR count). The van der Waals surface area contributed by atoms with Crippen molar-refractivity contribution in [2.75, 3.05) is 12.4 Å². The van der Waals surface area contributed by atoms with Gasteiger partial charge in [-0.2, -0.15) is 0 Å². The molecule has 3 atom stereocenters. The molecule has 0 saturated heterocycles. The smallest absolute Gasteiger partial charge is 0.292 e. The Labute approximate surface area is 223 Å². The Kier molecular flexibility index (Phi) is 6.70. The Bertz CT molecular complexity index is 1370. The van der Waals surface area contributed by atoms with E-state index in [4.69, 9.17) is 21.1 Å². The van der Waals surface area contributed by atoms with Gasteiger partial charge in [0.2, 0.25) is 0 Å². The summed E-state index contributed by atoms with van der Waals surface area (Å²) in [4.78, 5) is 11.7. The molecule has 2 aliphatic rings. The first kappa shape index (κ1) is 24.7. The van der Waals surface area contributed by atoms with E-state index in [0.29, 0.717) is 28.8 Å². The zero-order chi connectivity index (χ0) is 25.6. The SMILES string of the molecule is COc1cc([C@@H]2Nc3c([N+](=O)[O-])cc(C)c(C)c3[C@@H]3C=CC[C@H]32)cc(Br)c1OCc1ccc(Cl)cc1. The van der Waals surface area contributed by atoms with Crippen molar-refractivity contribution in [2.45, 2.75) is 38.8 Å².